The van der Waals surface area contributed by atoms with Crippen molar-refractivity contribution in [2.75, 3.05) is 45.3 Å². The van der Waals surface area contributed by atoms with Crippen LogP contribution in [0.2, 0.25) is 0 Å². The number of piperazine rings is 1. The van der Waals surface area contributed by atoms with Crippen LogP contribution in [0.15, 0.2) is 48.5 Å². The van der Waals surface area contributed by atoms with Crippen LogP contribution in [-0.2, 0) is 20.5 Å². The van der Waals surface area contributed by atoms with E-state index in [9.17, 15) is 13.2 Å². The van der Waals surface area contributed by atoms with Crippen molar-refractivity contribution in [3.05, 3.63) is 59.7 Å². The summed E-state index contributed by atoms with van der Waals surface area (Å²) >= 11 is 0. The zero-order valence-electron chi connectivity index (χ0n) is 16.0. The normalized spacial score (nSPS) is 15.3. The first kappa shape index (κ1) is 20.2. The molecule has 1 heterocycles. The number of rotatable bonds is 6. The van der Waals surface area contributed by atoms with Gasteiger partial charge < -0.3 is 14.4 Å². The summed E-state index contributed by atoms with van der Waals surface area (Å²) in [4.78, 5) is 13.6. The maximum absolute atomic E-state index is 12.8. The molecule has 1 aliphatic heterocycles. The predicted octanol–water partition coefficient (Wildman–Crippen LogP) is 2.13. The van der Waals surface area contributed by atoms with E-state index in [2.05, 4.69) is 9.64 Å². The maximum Gasteiger partial charge on any atom is 0.337 e. The van der Waals surface area contributed by atoms with E-state index < -0.39 is 16.0 Å². The Morgan fingerprint density at radius 2 is 1.61 bits per heavy atom. The van der Waals surface area contributed by atoms with Crippen LogP contribution in [0.3, 0.4) is 0 Å². The Morgan fingerprint density at radius 3 is 2.21 bits per heavy atom. The Labute approximate surface area is 165 Å². The number of carbonyl (C=O) groups is 1. The average Bonchev–Trinajstić information content (AvgIpc) is 2.73. The fourth-order valence-electron chi connectivity index (χ4n) is 3.26. The molecule has 150 valence electrons. The first-order chi connectivity index (χ1) is 13.4. The van der Waals surface area contributed by atoms with E-state index in [1.165, 1.54) is 11.4 Å². The van der Waals surface area contributed by atoms with Crippen LogP contribution in [0.25, 0.3) is 0 Å². The van der Waals surface area contributed by atoms with Crippen LogP contribution in [0.5, 0.6) is 5.75 Å². The molecule has 1 fully saturated rings. The number of para-hydroxylation sites is 2. The Bertz CT molecular complexity index is 920. The van der Waals surface area contributed by atoms with Gasteiger partial charge >= 0.3 is 5.97 Å². The SMILES string of the molecule is COC(=O)c1ccc(CS(=O)(=O)N2CCN(c3ccccc3OC)CC2)cc1. The summed E-state index contributed by atoms with van der Waals surface area (Å²) in [6, 6.07) is 14.2. The summed E-state index contributed by atoms with van der Waals surface area (Å²) in [5.74, 6) is 0.245. The minimum atomic E-state index is -3.44. The van der Waals surface area contributed by atoms with E-state index in [0.29, 0.717) is 37.3 Å². The van der Waals surface area contributed by atoms with Gasteiger partial charge in [0.15, 0.2) is 0 Å². The molecule has 1 aliphatic rings. The number of nitrogens with zero attached hydrogens (tertiary/aromatic N) is 2. The highest BCUT2D eigenvalue weighted by molar-refractivity contribution is 7.88. The molecule has 3 rings (SSSR count). The van der Waals surface area contributed by atoms with Crippen LogP contribution in [0.1, 0.15) is 15.9 Å². The molecule has 0 saturated carbocycles. The number of carbonyl (C=O) groups excluding carboxylic acids is 1. The molecule has 0 amide bonds. The van der Waals surface area contributed by atoms with Crippen molar-refractivity contribution < 1.29 is 22.7 Å². The van der Waals surface area contributed by atoms with Crippen molar-refractivity contribution in [3.8, 4) is 5.75 Å². The highest BCUT2D eigenvalue weighted by Gasteiger charge is 2.28. The smallest absolute Gasteiger partial charge is 0.337 e. The zero-order chi connectivity index (χ0) is 20.1. The van der Waals surface area contributed by atoms with Gasteiger partial charge in [-0.3, -0.25) is 0 Å². The van der Waals surface area contributed by atoms with Crippen molar-refractivity contribution in [2.24, 2.45) is 0 Å². The Morgan fingerprint density at radius 1 is 0.964 bits per heavy atom. The van der Waals surface area contributed by atoms with Crippen LogP contribution in [-0.4, -0.2) is 59.1 Å². The second kappa shape index (κ2) is 8.62. The van der Waals surface area contributed by atoms with Gasteiger partial charge in [0.05, 0.1) is 31.2 Å². The minimum absolute atomic E-state index is 0.0941. The first-order valence-corrected chi connectivity index (χ1v) is 10.6. The molecule has 0 atom stereocenters. The summed E-state index contributed by atoms with van der Waals surface area (Å²) < 4.78 is 37.2. The minimum Gasteiger partial charge on any atom is -0.495 e. The Hall–Kier alpha value is -2.58. The van der Waals surface area contributed by atoms with Crippen molar-refractivity contribution in [1.29, 1.82) is 0 Å². The summed E-state index contributed by atoms with van der Waals surface area (Å²) in [7, 11) is -0.496. The third-order valence-corrected chi connectivity index (χ3v) is 6.63. The number of hydrogen-bond donors (Lipinski definition) is 0. The van der Waals surface area contributed by atoms with Gasteiger partial charge in [0.25, 0.3) is 0 Å². The fraction of sp³-hybridized carbons (Fsp3) is 0.350. The average molecular weight is 404 g/mol. The lowest BCUT2D eigenvalue weighted by Crippen LogP contribution is -2.49. The van der Waals surface area contributed by atoms with Gasteiger partial charge in [-0.15, -0.1) is 0 Å². The molecular weight excluding hydrogens is 380 g/mol. The van der Waals surface area contributed by atoms with Gasteiger partial charge in [-0.25, -0.2) is 13.2 Å². The topological polar surface area (TPSA) is 76.2 Å². The molecule has 1 saturated heterocycles. The molecule has 2 aromatic carbocycles. The van der Waals surface area contributed by atoms with Gasteiger partial charge in [-0.2, -0.15) is 4.31 Å². The molecule has 0 radical (unpaired) electrons. The number of hydrogen-bond acceptors (Lipinski definition) is 6. The van der Waals surface area contributed by atoms with Gasteiger partial charge in [0.2, 0.25) is 10.0 Å². The third kappa shape index (κ3) is 4.45. The monoisotopic (exact) mass is 404 g/mol. The number of benzene rings is 2. The van der Waals surface area contributed by atoms with Gasteiger partial charge in [-0.05, 0) is 29.8 Å². The van der Waals surface area contributed by atoms with Crippen LogP contribution < -0.4 is 9.64 Å². The highest BCUT2D eigenvalue weighted by Crippen LogP contribution is 2.29. The van der Waals surface area contributed by atoms with Crippen molar-refractivity contribution in [2.45, 2.75) is 5.75 Å². The van der Waals surface area contributed by atoms with Crippen LogP contribution in [0.4, 0.5) is 5.69 Å². The van der Waals surface area contributed by atoms with Gasteiger partial charge in [0, 0.05) is 26.2 Å². The predicted molar refractivity (Wildman–Crippen MR) is 107 cm³/mol. The molecule has 0 spiro atoms. The second-order valence-corrected chi connectivity index (χ2v) is 8.47. The van der Waals surface area contributed by atoms with E-state index in [0.717, 1.165) is 11.4 Å². The molecule has 2 aromatic rings. The van der Waals surface area contributed by atoms with E-state index in [1.807, 2.05) is 24.3 Å². The fourth-order valence-corrected chi connectivity index (χ4v) is 4.77. The zero-order valence-corrected chi connectivity index (χ0v) is 16.8. The van der Waals surface area contributed by atoms with Crippen LogP contribution in [0, 0.1) is 0 Å². The van der Waals surface area contributed by atoms with E-state index in [1.54, 1.807) is 31.4 Å². The lowest BCUT2D eigenvalue weighted by atomic mass is 10.1. The molecule has 8 heteroatoms. The molecule has 0 aromatic heterocycles. The summed E-state index contributed by atoms with van der Waals surface area (Å²) in [6.45, 7) is 2.03. The molecule has 0 aliphatic carbocycles. The largest absolute Gasteiger partial charge is 0.495 e. The number of ether oxygens (including phenoxy) is 2. The lowest BCUT2D eigenvalue weighted by molar-refractivity contribution is 0.0600. The Balaban J connectivity index is 1.64. The molecule has 0 unspecified atom stereocenters. The molecular formula is C20H24N2O5S. The maximum atomic E-state index is 12.8. The standard InChI is InChI=1S/C20H24N2O5S/c1-26-19-6-4-3-5-18(19)21-11-13-22(14-12-21)28(24,25)15-16-7-9-17(10-8-16)20(23)27-2/h3-10H,11-15H2,1-2H3. The van der Waals surface area contributed by atoms with Gasteiger partial charge in [0.1, 0.15) is 5.75 Å². The number of esters is 1. The lowest BCUT2D eigenvalue weighted by Gasteiger charge is -2.36. The second-order valence-electron chi connectivity index (χ2n) is 6.50. The summed E-state index contributed by atoms with van der Waals surface area (Å²) in [6.07, 6.45) is 0. The van der Waals surface area contributed by atoms with Crippen molar-refractivity contribution in [3.63, 3.8) is 0 Å². The van der Waals surface area contributed by atoms with Gasteiger partial charge in [-0.1, -0.05) is 24.3 Å². The van der Waals surface area contributed by atoms with E-state index >= 15 is 0 Å². The quantitative estimate of drug-likeness (QED) is 0.687. The number of methoxy groups -OCH3 is 2. The summed E-state index contributed by atoms with van der Waals surface area (Å²) in [5, 5.41) is 0. The number of anilines is 1. The first-order valence-electron chi connectivity index (χ1n) is 8.97. The molecule has 28 heavy (non-hydrogen) atoms. The number of sulfonamides is 1. The van der Waals surface area contributed by atoms with Crippen LogP contribution >= 0.6 is 0 Å². The van der Waals surface area contributed by atoms with Crippen molar-refractivity contribution >= 4 is 21.7 Å². The highest BCUT2D eigenvalue weighted by atomic mass is 32.2. The Kier molecular flexibility index (Phi) is 6.21. The molecule has 0 bridgehead atoms. The summed E-state index contributed by atoms with van der Waals surface area (Å²) in [5.41, 5.74) is 2.01. The third-order valence-electron chi connectivity index (χ3n) is 4.78. The van der Waals surface area contributed by atoms with E-state index in [-0.39, 0.29) is 5.75 Å². The molecule has 0 N–H and O–H groups in total. The molecule has 7 nitrogen and oxygen atoms in total. The van der Waals surface area contributed by atoms with Crippen molar-refractivity contribution in [1.82, 2.24) is 4.31 Å². The van der Waals surface area contributed by atoms with E-state index in [4.69, 9.17) is 4.74 Å².